The summed E-state index contributed by atoms with van der Waals surface area (Å²) in [6, 6.07) is 1.87. The molecule has 5 heteroatoms. The Hall–Kier alpha value is -0.970. The van der Waals surface area contributed by atoms with Crippen LogP contribution >= 0.6 is 11.8 Å². The van der Waals surface area contributed by atoms with E-state index in [1.165, 1.54) is 0 Å². The van der Waals surface area contributed by atoms with E-state index in [-0.39, 0.29) is 0 Å². The zero-order valence-corrected chi connectivity index (χ0v) is 12.5. The van der Waals surface area contributed by atoms with E-state index in [0.717, 1.165) is 24.4 Å². The first-order valence-corrected chi connectivity index (χ1v) is 7.76. The Morgan fingerprint density at radius 1 is 1.44 bits per heavy atom. The second-order valence-corrected chi connectivity index (χ2v) is 5.37. The quantitative estimate of drug-likeness (QED) is 0.786. The van der Waals surface area contributed by atoms with E-state index >= 15 is 0 Å². The van der Waals surface area contributed by atoms with Crippen molar-refractivity contribution in [1.82, 2.24) is 9.97 Å². The largest absolute Gasteiger partial charge is 0.478 e. The molecule has 0 saturated carbocycles. The van der Waals surface area contributed by atoms with Gasteiger partial charge in [0.05, 0.1) is 6.61 Å². The van der Waals surface area contributed by atoms with Gasteiger partial charge in [0, 0.05) is 18.3 Å². The highest BCUT2D eigenvalue weighted by Crippen LogP contribution is 2.13. The number of hydrogen-bond donors (Lipinski definition) is 1. The molecule has 0 saturated heterocycles. The average Bonchev–Trinajstić information content (AvgIpc) is 2.34. The van der Waals surface area contributed by atoms with Crippen molar-refractivity contribution in [3.63, 3.8) is 0 Å². The monoisotopic (exact) mass is 269 g/mol. The number of aryl methyl sites for hydroxylation is 1. The lowest BCUT2D eigenvalue weighted by Crippen LogP contribution is -2.15. The van der Waals surface area contributed by atoms with Crippen molar-refractivity contribution in [2.45, 2.75) is 27.2 Å². The summed E-state index contributed by atoms with van der Waals surface area (Å²) < 4.78 is 5.54. The van der Waals surface area contributed by atoms with E-state index in [4.69, 9.17) is 4.74 Å². The third-order valence-electron chi connectivity index (χ3n) is 2.34. The summed E-state index contributed by atoms with van der Waals surface area (Å²) in [4.78, 5) is 8.72. The van der Waals surface area contributed by atoms with Crippen molar-refractivity contribution in [1.29, 1.82) is 0 Å². The molecule has 0 aromatic carbocycles. The van der Waals surface area contributed by atoms with Gasteiger partial charge in [0.25, 0.3) is 0 Å². The molecule has 102 valence electrons. The fraction of sp³-hybridized carbons (Fsp3) is 0.692. The van der Waals surface area contributed by atoms with Crippen LogP contribution < -0.4 is 10.1 Å². The Morgan fingerprint density at radius 2 is 2.22 bits per heavy atom. The Kier molecular flexibility index (Phi) is 6.86. The lowest BCUT2D eigenvalue weighted by Gasteiger charge is -2.12. The van der Waals surface area contributed by atoms with Crippen LogP contribution in [-0.4, -0.2) is 35.1 Å². The number of anilines is 1. The number of thioether (sulfide) groups is 1. The number of ether oxygens (including phenoxy) is 1. The van der Waals surface area contributed by atoms with Gasteiger partial charge in [0.2, 0.25) is 11.8 Å². The van der Waals surface area contributed by atoms with Gasteiger partial charge in [-0.25, -0.2) is 4.98 Å². The van der Waals surface area contributed by atoms with E-state index in [1.54, 1.807) is 0 Å². The molecule has 1 aromatic heterocycles. The second-order valence-electron chi connectivity index (χ2n) is 4.46. The molecule has 0 bridgehead atoms. The van der Waals surface area contributed by atoms with E-state index in [2.05, 4.69) is 35.4 Å². The van der Waals surface area contributed by atoms with E-state index < -0.39 is 0 Å². The highest BCUT2D eigenvalue weighted by Gasteiger charge is 2.05. The zero-order valence-electron chi connectivity index (χ0n) is 11.7. The van der Waals surface area contributed by atoms with Crippen LogP contribution in [0.2, 0.25) is 0 Å². The summed E-state index contributed by atoms with van der Waals surface area (Å²) in [5.41, 5.74) is 0.927. The number of nitrogens with one attached hydrogen (secondary N) is 1. The smallest absolute Gasteiger partial charge is 0.226 e. The first-order chi connectivity index (χ1) is 8.65. The highest BCUT2D eigenvalue weighted by molar-refractivity contribution is 7.98. The van der Waals surface area contributed by atoms with Gasteiger partial charge in [0.1, 0.15) is 0 Å². The lowest BCUT2D eigenvalue weighted by molar-refractivity contribution is 0.305. The third-order valence-corrected chi connectivity index (χ3v) is 3.25. The number of rotatable bonds is 8. The standard InChI is InChI=1S/C13H23N3OS/c1-5-6-17-12-7-11(3)15-13(16-12)14-8-10(2)9-18-4/h7,10H,5-6,8-9H2,1-4H3,(H,14,15,16). The Bertz CT molecular complexity index is 360. The van der Waals surface area contributed by atoms with Crippen LogP contribution in [0.1, 0.15) is 26.0 Å². The van der Waals surface area contributed by atoms with Gasteiger partial charge in [0.15, 0.2) is 0 Å². The number of nitrogens with zero attached hydrogens (tertiary/aromatic N) is 2. The summed E-state index contributed by atoms with van der Waals surface area (Å²) in [5.74, 6) is 3.06. The van der Waals surface area contributed by atoms with Crippen molar-refractivity contribution in [2.75, 3.05) is 30.5 Å². The minimum absolute atomic E-state index is 0.601. The molecule has 0 radical (unpaired) electrons. The maximum atomic E-state index is 5.54. The molecular weight excluding hydrogens is 246 g/mol. The molecule has 1 aromatic rings. The second kappa shape index (κ2) is 8.19. The fourth-order valence-electron chi connectivity index (χ4n) is 1.51. The molecule has 0 fully saturated rings. The fourth-order valence-corrected chi connectivity index (χ4v) is 2.20. The van der Waals surface area contributed by atoms with Crippen molar-refractivity contribution in [3.05, 3.63) is 11.8 Å². The Morgan fingerprint density at radius 3 is 2.89 bits per heavy atom. The maximum Gasteiger partial charge on any atom is 0.226 e. The van der Waals surface area contributed by atoms with Crippen LogP contribution in [0.4, 0.5) is 5.95 Å². The van der Waals surface area contributed by atoms with Crippen LogP contribution in [0.15, 0.2) is 6.07 Å². The first kappa shape index (κ1) is 15.1. The van der Waals surface area contributed by atoms with Gasteiger partial charge in [-0.1, -0.05) is 13.8 Å². The van der Waals surface area contributed by atoms with Crippen molar-refractivity contribution >= 4 is 17.7 Å². The van der Waals surface area contributed by atoms with Crippen LogP contribution in [0.25, 0.3) is 0 Å². The molecule has 0 aliphatic carbocycles. The minimum atomic E-state index is 0.601. The molecule has 0 amide bonds. The van der Waals surface area contributed by atoms with Gasteiger partial charge >= 0.3 is 0 Å². The van der Waals surface area contributed by atoms with E-state index in [9.17, 15) is 0 Å². The molecule has 4 nitrogen and oxygen atoms in total. The summed E-state index contributed by atoms with van der Waals surface area (Å²) in [5, 5.41) is 3.27. The SMILES string of the molecule is CCCOc1cc(C)nc(NCC(C)CSC)n1. The minimum Gasteiger partial charge on any atom is -0.478 e. The molecule has 0 aliphatic heterocycles. The van der Waals surface area contributed by atoms with Crippen molar-refractivity contribution < 1.29 is 4.74 Å². The van der Waals surface area contributed by atoms with Crippen molar-refractivity contribution in [3.8, 4) is 5.88 Å². The molecule has 1 atom stereocenters. The van der Waals surface area contributed by atoms with Gasteiger partial charge in [-0.2, -0.15) is 16.7 Å². The van der Waals surface area contributed by atoms with Gasteiger partial charge in [-0.05, 0) is 31.3 Å². The molecular formula is C13H23N3OS. The maximum absolute atomic E-state index is 5.54. The molecule has 18 heavy (non-hydrogen) atoms. The number of hydrogen-bond acceptors (Lipinski definition) is 5. The summed E-state index contributed by atoms with van der Waals surface area (Å²) in [6.45, 7) is 7.83. The van der Waals surface area contributed by atoms with Crippen LogP contribution in [0.5, 0.6) is 5.88 Å². The first-order valence-electron chi connectivity index (χ1n) is 6.37. The molecule has 1 N–H and O–H groups in total. The third kappa shape index (κ3) is 5.58. The van der Waals surface area contributed by atoms with Crippen LogP contribution in [-0.2, 0) is 0 Å². The van der Waals surface area contributed by atoms with Crippen molar-refractivity contribution in [2.24, 2.45) is 5.92 Å². The topological polar surface area (TPSA) is 47.0 Å². The van der Waals surface area contributed by atoms with Crippen LogP contribution in [0.3, 0.4) is 0 Å². The molecule has 1 rings (SSSR count). The Balaban J connectivity index is 2.56. The predicted octanol–water partition coefficient (Wildman–Crippen LogP) is 2.98. The summed E-state index contributed by atoms with van der Waals surface area (Å²) >= 11 is 1.86. The lowest BCUT2D eigenvalue weighted by atomic mass is 10.2. The molecule has 0 aliphatic rings. The summed E-state index contributed by atoms with van der Waals surface area (Å²) in [6.07, 6.45) is 3.10. The van der Waals surface area contributed by atoms with Crippen LogP contribution in [0, 0.1) is 12.8 Å². The molecule has 1 heterocycles. The van der Waals surface area contributed by atoms with Gasteiger partial charge in [-0.15, -0.1) is 0 Å². The van der Waals surface area contributed by atoms with Gasteiger partial charge in [-0.3, -0.25) is 0 Å². The Labute approximate surface area is 114 Å². The molecule has 0 spiro atoms. The number of aromatic nitrogens is 2. The zero-order chi connectivity index (χ0) is 13.4. The normalized spacial score (nSPS) is 12.2. The predicted molar refractivity (Wildman–Crippen MR) is 78.6 cm³/mol. The summed E-state index contributed by atoms with van der Waals surface area (Å²) in [7, 11) is 0. The van der Waals surface area contributed by atoms with E-state index in [1.807, 2.05) is 24.8 Å². The highest BCUT2D eigenvalue weighted by atomic mass is 32.2. The average molecular weight is 269 g/mol. The molecule has 1 unspecified atom stereocenters. The van der Waals surface area contributed by atoms with Gasteiger partial charge < -0.3 is 10.1 Å². The van der Waals surface area contributed by atoms with E-state index in [0.29, 0.717) is 24.4 Å².